The maximum atomic E-state index is 12.4. The highest BCUT2D eigenvalue weighted by molar-refractivity contribution is 5.95. The van der Waals surface area contributed by atoms with Crippen LogP contribution in [0, 0.1) is 6.92 Å². The third kappa shape index (κ3) is 3.32. The van der Waals surface area contributed by atoms with Crippen LogP contribution >= 0.6 is 0 Å². The lowest BCUT2D eigenvalue weighted by molar-refractivity contribution is 0.0795. The van der Waals surface area contributed by atoms with Gasteiger partial charge >= 0.3 is 0 Å². The van der Waals surface area contributed by atoms with Crippen LogP contribution in [0.3, 0.4) is 0 Å². The summed E-state index contributed by atoms with van der Waals surface area (Å²) in [5, 5.41) is 3.93. The maximum absolute atomic E-state index is 12.4. The van der Waals surface area contributed by atoms with E-state index >= 15 is 0 Å². The normalized spacial score (nSPS) is 11.1. The molecular formula is C15H22N4O2. The van der Waals surface area contributed by atoms with Gasteiger partial charge in [0.15, 0.2) is 5.82 Å². The minimum Gasteiger partial charge on any atom is -0.354 e. The van der Waals surface area contributed by atoms with Gasteiger partial charge in [-0.1, -0.05) is 19.0 Å². The van der Waals surface area contributed by atoms with Gasteiger partial charge in [-0.25, -0.2) is 0 Å². The molecule has 0 aliphatic carbocycles. The molecule has 2 aromatic rings. The molecule has 0 N–H and O–H groups in total. The van der Waals surface area contributed by atoms with Gasteiger partial charge in [0.25, 0.3) is 5.91 Å². The summed E-state index contributed by atoms with van der Waals surface area (Å²) in [4.78, 5) is 18.4. The zero-order valence-electron chi connectivity index (χ0n) is 13.3. The van der Waals surface area contributed by atoms with E-state index in [-0.39, 0.29) is 11.8 Å². The monoisotopic (exact) mass is 290 g/mol. The SMILES string of the molecule is Cc1c(C(=O)N(C)CCc2noc(C(C)C)n2)ccn1C. The number of likely N-dealkylation sites (N-methyl/N-ethyl adjacent to an activating group) is 1. The minimum atomic E-state index is 0.0145. The number of hydrogen-bond donors (Lipinski definition) is 0. The third-order valence-electron chi connectivity index (χ3n) is 3.61. The molecule has 0 aromatic carbocycles. The summed E-state index contributed by atoms with van der Waals surface area (Å²) < 4.78 is 7.10. The van der Waals surface area contributed by atoms with Crippen LogP contribution in [0.2, 0.25) is 0 Å². The first-order chi connectivity index (χ1) is 9.90. The predicted octanol–water partition coefficient (Wildman–Crippen LogP) is 2.15. The lowest BCUT2D eigenvalue weighted by Gasteiger charge is -2.16. The Hall–Kier alpha value is -2.11. The Morgan fingerprint density at radius 2 is 2.19 bits per heavy atom. The molecule has 0 bridgehead atoms. The highest BCUT2D eigenvalue weighted by Crippen LogP contribution is 2.13. The van der Waals surface area contributed by atoms with Crippen LogP contribution in [0.4, 0.5) is 0 Å². The zero-order chi connectivity index (χ0) is 15.6. The molecule has 0 unspecified atom stereocenters. The van der Waals surface area contributed by atoms with Gasteiger partial charge in [-0.3, -0.25) is 4.79 Å². The second kappa shape index (κ2) is 6.11. The smallest absolute Gasteiger partial charge is 0.255 e. The van der Waals surface area contributed by atoms with Gasteiger partial charge in [-0.2, -0.15) is 4.98 Å². The molecule has 0 radical (unpaired) electrons. The lowest BCUT2D eigenvalue weighted by atomic mass is 10.2. The van der Waals surface area contributed by atoms with E-state index in [0.717, 1.165) is 11.3 Å². The lowest BCUT2D eigenvalue weighted by Crippen LogP contribution is -2.29. The van der Waals surface area contributed by atoms with Crippen molar-refractivity contribution < 1.29 is 9.32 Å². The largest absolute Gasteiger partial charge is 0.354 e. The van der Waals surface area contributed by atoms with Crippen molar-refractivity contribution in [1.82, 2.24) is 19.6 Å². The average molecular weight is 290 g/mol. The third-order valence-corrected chi connectivity index (χ3v) is 3.61. The van der Waals surface area contributed by atoms with Crippen molar-refractivity contribution in [2.75, 3.05) is 13.6 Å². The van der Waals surface area contributed by atoms with Gasteiger partial charge in [0.1, 0.15) is 0 Å². The molecule has 0 aliphatic rings. The van der Waals surface area contributed by atoms with E-state index in [4.69, 9.17) is 4.52 Å². The molecule has 6 heteroatoms. The molecule has 0 saturated heterocycles. The van der Waals surface area contributed by atoms with Crippen LogP contribution < -0.4 is 0 Å². The van der Waals surface area contributed by atoms with Crippen LogP contribution in [0.1, 0.15) is 47.5 Å². The molecule has 21 heavy (non-hydrogen) atoms. The standard InChI is InChI=1S/C15H22N4O2/c1-10(2)14-16-13(17-21-14)7-9-19(5)15(20)12-6-8-18(4)11(12)3/h6,8,10H,7,9H2,1-5H3. The van der Waals surface area contributed by atoms with Crippen molar-refractivity contribution in [3.8, 4) is 0 Å². The summed E-state index contributed by atoms with van der Waals surface area (Å²) in [6.07, 6.45) is 2.48. The van der Waals surface area contributed by atoms with Gasteiger partial charge in [-0.15, -0.1) is 0 Å². The first-order valence-electron chi connectivity index (χ1n) is 7.10. The van der Waals surface area contributed by atoms with E-state index in [1.54, 1.807) is 11.9 Å². The summed E-state index contributed by atoms with van der Waals surface area (Å²) >= 11 is 0. The Balaban J connectivity index is 1.96. The Kier molecular flexibility index (Phi) is 4.45. The predicted molar refractivity (Wildman–Crippen MR) is 79.2 cm³/mol. The van der Waals surface area contributed by atoms with E-state index < -0.39 is 0 Å². The summed E-state index contributed by atoms with van der Waals surface area (Å²) in [5.41, 5.74) is 1.70. The van der Waals surface area contributed by atoms with Crippen LogP contribution in [0.25, 0.3) is 0 Å². The Morgan fingerprint density at radius 1 is 1.48 bits per heavy atom. The Morgan fingerprint density at radius 3 is 2.71 bits per heavy atom. The number of amides is 1. The highest BCUT2D eigenvalue weighted by atomic mass is 16.5. The van der Waals surface area contributed by atoms with Crippen molar-refractivity contribution in [2.45, 2.75) is 33.1 Å². The number of carbonyl (C=O) groups excluding carboxylic acids is 1. The topological polar surface area (TPSA) is 64.2 Å². The molecule has 0 saturated carbocycles. The van der Waals surface area contributed by atoms with Crippen LogP contribution in [-0.2, 0) is 13.5 Å². The van der Waals surface area contributed by atoms with Crippen molar-refractivity contribution in [3.05, 3.63) is 35.2 Å². The van der Waals surface area contributed by atoms with E-state index in [9.17, 15) is 4.79 Å². The summed E-state index contributed by atoms with van der Waals surface area (Å²) in [5.74, 6) is 1.51. The quantitative estimate of drug-likeness (QED) is 0.846. The number of hydrogen-bond acceptors (Lipinski definition) is 4. The molecule has 6 nitrogen and oxygen atoms in total. The molecule has 0 aliphatic heterocycles. The fraction of sp³-hybridized carbons (Fsp3) is 0.533. The molecule has 2 heterocycles. The molecule has 0 atom stereocenters. The molecule has 0 fully saturated rings. The molecule has 2 rings (SSSR count). The van der Waals surface area contributed by atoms with Crippen molar-refractivity contribution >= 4 is 5.91 Å². The van der Waals surface area contributed by atoms with Gasteiger partial charge in [0, 0.05) is 44.9 Å². The van der Waals surface area contributed by atoms with Gasteiger partial charge in [-0.05, 0) is 13.0 Å². The second-order valence-corrected chi connectivity index (χ2v) is 5.61. The highest BCUT2D eigenvalue weighted by Gasteiger charge is 2.17. The van der Waals surface area contributed by atoms with Crippen LogP contribution in [0.5, 0.6) is 0 Å². The molecule has 1 amide bonds. The molecular weight excluding hydrogens is 268 g/mol. The number of rotatable bonds is 5. The number of aromatic nitrogens is 3. The summed E-state index contributed by atoms with van der Waals surface area (Å²) in [6, 6.07) is 1.85. The Bertz CT molecular complexity index is 627. The number of nitrogens with zero attached hydrogens (tertiary/aromatic N) is 4. The van der Waals surface area contributed by atoms with Gasteiger partial charge in [0.05, 0.1) is 5.56 Å². The summed E-state index contributed by atoms with van der Waals surface area (Å²) in [7, 11) is 3.72. The number of carbonyl (C=O) groups is 1. The summed E-state index contributed by atoms with van der Waals surface area (Å²) in [6.45, 7) is 6.51. The fourth-order valence-corrected chi connectivity index (χ4v) is 2.01. The molecule has 2 aromatic heterocycles. The average Bonchev–Trinajstić information content (AvgIpc) is 3.04. The zero-order valence-corrected chi connectivity index (χ0v) is 13.3. The van der Waals surface area contributed by atoms with Crippen LogP contribution in [-0.4, -0.2) is 39.1 Å². The van der Waals surface area contributed by atoms with Gasteiger partial charge in [0.2, 0.25) is 5.89 Å². The van der Waals surface area contributed by atoms with E-state index in [0.29, 0.717) is 24.7 Å². The van der Waals surface area contributed by atoms with E-state index in [2.05, 4.69) is 10.1 Å². The molecule has 0 spiro atoms. The van der Waals surface area contributed by atoms with E-state index in [1.165, 1.54) is 0 Å². The maximum Gasteiger partial charge on any atom is 0.255 e. The molecule has 114 valence electrons. The first-order valence-corrected chi connectivity index (χ1v) is 7.10. The van der Waals surface area contributed by atoms with Crippen molar-refractivity contribution in [3.63, 3.8) is 0 Å². The van der Waals surface area contributed by atoms with Crippen molar-refractivity contribution in [1.29, 1.82) is 0 Å². The first kappa shape index (κ1) is 15.3. The van der Waals surface area contributed by atoms with E-state index in [1.807, 2.05) is 44.6 Å². The van der Waals surface area contributed by atoms with Crippen molar-refractivity contribution in [2.24, 2.45) is 7.05 Å². The second-order valence-electron chi connectivity index (χ2n) is 5.61. The Labute approximate surface area is 124 Å². The fourth-order valence-electron chi connectivity index (χ4n) is 2.01. The number of aryl methyl sites for hydroxylation is 1. The van der Waals surface area contributed by atoms with Crippen LogP contribution in [0.15, 0.2) is 16.8 Å². The van der Waals surface area contributed by atoms with Gasteiger partial charge < -0.3 is 14.0 Å². The minimum absolute atomic E-state index is 0.0145.